The molecule has 60 valence electrons. The van der Waals surface area contributed by atoms with E-state index >= 15 is 0 Å². The third-order valence-corrected chi connectivity index (χ3v) is 4.22. The molecule has 0 aliphatic carbocycles. The summed E-state index contributed by atoms with van der Waals surface area (Å²) in [6.45, 7) is 2.16. The molecule has 0 aromatic carbocycles. The second-order valence-electron chi connectivity index (χ2n) is 2.84. The summed E-state index contributed by atoms with van der Waals surface area (Å²) in [6, 6.07) is 2.03. The normalized spacial score (nSPS) is 30.0. The molecule has 1 aromatic heterocycles. The van der Waals surface area contributed by atoms with E-state index in [0.717, 1.165) is 12.0 Å². The minimum atomic E-state index is -0.215. The lowest BCUT2D eigenvalue weighted by atomic mass is 10.1. The van der Waals surface area contributed by atoms with Crippen LogP contribution in [-0.2, 0) is 0 Å². The van der Waals surface area contributed by atoms with Gasteiger partial charge in [0.25, 0.3) is 0 Å². The predicted octanol–water partition coefficient (Wildman–Crippen LogP) is 2.67. The number of hydrogen-bond donors (Lipinski definition) is 1. The molecule has 1 aliphatic heterocycles. The molecule has 0 radical (unpaired) electrons. The number of aliphatic hydroxyl groups is 1. The minimum absolute atomic E-state index is 0.215. The van der Waals surface area contributed by atoms with Crippen molar-refractivity contribution in [2.75, 3.05) is 0 Å². The van der Waals surface area contributed by atoms with Crippen LogP contribution < -0.4 is 0 Å². The number of rotatable bonds is 0. The molecule has 0 bridgehead atoms. The van der Waals surface area contributed by atoms with E-state index in [1.807, 2.05) is 17.8 Å². The largest absolute Gasteiger partial charge is 0.388 e. The van der Waals surface area contributed by atoms with Crippen molar-refractivity contribution >= 4 is 23.1 Å². The molecule has 1 aromatic rings. The highest BCUT2D eigenvalue weighted by atomic mass is 32.2. The topological polar surface area (TPSA) is 20.2 Å². The summed E-state index contributed by atoms with van der Waals surface area (Å²) >= 11 is 3.62. The maximum Gasteiger partial charge on any atom is 0.0819 e. The summed E-state index contributed by atoms with van der Waals surface area (Å²) in [5, 5.41) is 12.2. The number of thioether (sulfide) groups is 1. The van der Waals surface area contributed by atoms with Gasteiger partial charge in [-0.05, 0) is 17.9 Å². The summed E-state index contributed by atoms with van der Waals surface area (Å²) in [5.74, 6) is 0. The van der Waals surface area contributed by atoms with E-state index in [1.165, 1.54) is 4.21 Å². The van der Waals surface area contributed by atoms with Gasteiger partial charge in [0.05, 0.1) is 10.3 Å². The van der Waals surface area contributed by atoms with Gasteiger partial charge in [-0.2, -0.15) is 0 Å². The maximum atomic E-state index is 9.61. The van der Waals surface area contributed by atoms with Crippen LogP contribution in [0.15, 0.2) is 15.7 Å². The Morgan fingerprint density at radius 3 is 3.27 bits per heavy atom. The van der Waals surface area contributed by atoms with E-state index in [4.69, 9.17) is 0 Å². The van der Waals surface area contributed by atoms with Crippen LogP contribution in [0.3, 0.4) is 0 Å². The van der Waals surface area contributed by atoms with Gasteiger partial charge in [-0.1, -0.05) is 6.92 Å². The summed E-state index contributed by atoms with van der Waals surface area (Å²) in [5.41, 5.74) is 1.14. The molecule has 1 nitrogen and oxygen atoms in total. The van der Waals surface area contributed by atoms with Crippen molar-refractivity contribution in [2.24, 2.45) is 0 Å². The van der Waals surface area contributed by atoms with Crippen LogP contribution >= 0.6 is 23.1 Å². The van der Waals surface area contributed by atoms with Crippen LogP contribution in [0.2, 0.25) is 0 Å². The lowest BCUT2D eigenvalue weighted by Crippen LogP contribution is -2.10. The Morgan fingerprint density at radius 1 is 1.64 bits per heavy atom. The SMILES string of the molecule is C[C@@H]1C[C@H](O)c2ccsc2S1. The van der Waals surface area contributed by atoms with Crippen LogP contribution in [-0.4, -0.2) is 10.4 Å². The molecule has 2 rings (SSSR count). The summed E-state index contributed by atoms with van der Waals surface area (Å²) < 4.78 is 1.30. The Kier molecular flexibility index (Phi) is 1.95. The third-order valence-electron chi connectivity index (χ3n) is 1.88. The van der Waals surface area contributed by atoms with Crippen LogP contribution in [0.1, 0.15) is 25.0 Å². The molecule has 11 heavy (non-hydrogen) atoms. The Balaban J connectivity index is 2.36. The van der Waals surface area contributed by atoms with Crippen LogP contribution in [0.25, 0.3) is 0 Å². The van der Waals surface area contributed by atoms with E-state index in [2.05, 4.69) is 12.3 Å². The standard InChI is InChI=1S/C8H10OS2/c1-5-4-7(9)6-2-3-10-8(6)11-5/h2-3,5,7,9H,4H2,1H3/t5-,7+/m1/s1. The molecule has 2 atom stereocenters. The number of fused-ring (bicyclic) bond motifs is 1. The molecular formula is C8H10OS2. The van der Waals surface area contributed by atoms with E-state index in [-0.39, 0.29) is 6.10 Å². The zero-order valence-electron chi connectivity index (χ0n) is 6.28. The van der Waals surface area contributed by atoms with Gasteiger partial charge in [0, 0.05) is 10.8 Å². The highest BCUT2D eigenvalue weighted by Crippen LogP contribution is 2.43. The van der Waals surface area contributed by atoms with Gasteiger partial charge in [0.1, 0.15) is 0 Å². The van der Waals surface area contributed by atoms with Gasteiger partial charge < -0.3 is 5.11 Å². The van der Waals surface area contributed by atoms with Gasteiger partial charge in [0.2, 0.25) is 0 Å². The highest BCUT2D eigenvalue weighted by Gasteiger charge is 2.23. The molecule has 0 saturated heterocycles. The molecule has 2 heterocycles. The Hall–Kier alpha value is 0.01000. The number of thiophene rings is 1. The van der Waals surface area contributed by atoms with Crippen LogP contribution in [0.5, 0.6) is 0 Å². The maximum absolute atomic E-state index is 9.61. The molecule has 0 fully saturated rings. The number of hydrogen-bond acceptors (Lipinski definition) is 3. The molecular weight excluding hydrogens is 176 g/mol. The zero-order valence-corrected chi connectivity index (χ0v) is 7.91. The first-order valence-corrected chi connectivity index (χ1v) is 5.45. The zero-order chi connectivity index (χ0) is 7.84. The minimum Gasteiger partial charge on any atom is -0.388 e. The molecule has 0 amide bonds. The van der Waals surface area contributed by atoms with Gasteiger partial charge in [-0.25, -0.2) is 0 Å². The molecule has 0 unspecified atom stereocenters. The Morgan fingerprint density at radius 2 is 2.45 bits per heavy atom. The van der Waals surface area contributed by atoms with Crippen molar-refractivity contribution in [3.8, 4) is 0 Å². The van der Waals surface area contributed by atoms with Crippen molar-refractivity contribution in [1.29, 1.82) is 0 Å². The fourth-order valence-corrected chi connectivity index (χ4v) is 3.86. The van der Waals surface area contributed by atoms with Crippen molar-refractivity contribution < 1.29 is 5.11 Å². The van der Waals surface area contributed by atoms with Crippen molar-refractivity contribution in [2.45, 2.75) is 28.9 Å². The Labute approximate surface area is 74.4 Å². The predicted molar refractivity (Wildman–Crippen MR) is 49.2 cm³/mol. The van der Waals surface area contributed by atoms with Crippen LogP contribution in [0, 0.1) is 0 Å². The average Bonchev–Trinajstić information content (AvgIpc) is 2.34. The van der Waals surface area contributed by atoms with E-state index in [1.54, 1.807) is 11.3 Å². The average molecular weight is 186 g/mol. The molecule has 1 aliphatic rings. The molecule has 0 saturated carbocycles. The van der Waals surface area contributed by atoms with Crippen molar-refractivity contribution in [1.82, 2.24) is 0 Å². The second-order valence-corrected chi connectivity index (χ2v) is 5.47. The van der Waals surface area contributed by atoms with E-state index < -0.39 is 0 Å². The smallest absolute Gasteiger partial charge is 0.0819 e. The Bertz CT molecular complexity index is 256. The van der Waals surface area contributed by atoms with Gasteiger partial charge in [-0.15, -0.1) is 23.1 Å². The molecule has 1 N–H and O–H groups in total. The highest BCUT2D eigenvalue weighted by molar-refractivity contribution is 8.01. The number of aliphatic hydroxyl groups excluding tert-OH is 1. The van der Waals surface area contributed by atoms with Crippen molar-refractivity contribution in [3.63, 3.8) is 0 Å². The monoisotopic (exact) mass is 186 g/mol. The second kappa shape index (κ2) is 2.81. The van der Waals surface area contributed by atoms with Crippen LogP contribution in [0.4, 0.5) is 0 Å². The summed E-state index contributed by atoms with van der Waals surface area (Å²) in [6.07, 6.45) is 0.682. The van der Waals surface area contributed by atoms with Crippen molar-refractivity contribution in [3.05, 3.63) is 17.0 Å². The summed E-state index contributed by atoms with van der Waals surface area (Å²) in [7, 11) is 0. The molecule has 3 heteroatoms. The first-order valence-electron chi connectivity index (χ1n) is 3.69. The lowest BCUT2D eigenvalue weighted by Gasteiger charge is -2.22. The fourth-order valence-electron chi connectivity index (χ4n) is 1.32. The quantitative estimate of drug-likeness (QED) is 0.672. The van der Waals surface area contributed by atoms with Gasteiger partial charge in [0.15, 0.2) is 0 Å². The van der Waals surface area contributed by atoms with Gasteiger partial charge in [-0.3, -0.25) is 0 Å². The fraction of sp³-hybridized carbons (Fsp3) is 0.500. The first kappa shape index (κ1) is 7.65. The first-order chi connectivity index (χ1) is 5.27. The summed E-state index contributed by atoms with van der Waals surface area (Å²) in [4.78, 5) is 0. The third kappa shape index (κ3) is 1.33. The molecule has 0 spiro atoms. The van der Waals surface area contributed by atoms with E-state index in [0.29, 0.717) is 5.25 Å². The lowest BCUT2D eigenvalue weighted by molar-refractivity contribution is 0.164. The van der Waals surface area contributed by atoms with E-state index in [9.17, 15) is 5.11 Å². The van der Waals surface area contributed by atoms with Gasteiger partial charge >= 0.3 is 0 Å².